The quantitative estimate of drug-likeness (QED) is 0.564. The van der Waals surface area contributed by atoms with Gasteiger partial charge in [0, 0.05) is 0 Å². The highest BCUT2D eigenvalue weighted by atomic mass is 32.2. The first-order valence-corrected chi connectivity index (χ1v) is 8.54. The summed E-state index contributed by atoms with van der Waals surface area (Å²) in [6, 6.07) is 7.82. The zero-order valence-corrected chi connectivity index (χ0v) is 13.1. The Morgan fingerprint density at radius 3 is 2.90 bits per heavy atom. The van der Waals surface area contributed by atoms with Crippen LogP contribution >= 0.6 is 34.4 Å². The number of hydrogen-bond donors (Lipinski definition) is 1. The Bertz CT molecular complexity index is 738. The molecule has 2 N–H and O–H groups in total. The number of anilines is 1. The average Bonchev–Trinajstić information content (AvgIpc) is 3.08. The minimum absolute atomic E-state index is 0.180. The van der Waals surface area contributed by atoms with E-state index in [4.69, 9.17) is 10.5 Å². The Kier molecular flexibility index (Phi) is 4.32. The number of esters is 1. The topological polar surface area (TPSA) is 91.0 Å². The van der Waals surface area contributed by atoms with Crippen LogP contribution in [0.25, 0.3) is 10.2 Å². The molecule has 0 aliphatic heterocycles. The van der Waals surface area contributed by atoms with Crippen LogP contribution in [0.1, 0.15) is 5.01 Å². The molecule has 0 aliphatic carbocycles. The molecule has 0 spiro atoms. The summed E-state index contributed by atoms with van der Waals surface area (Å²) in [5.74, 6) is -0.132. The molecule has 6 nitrogen and oxygen atoms in total. The number of nitrogen functional groups attached to an aromatic ring is 1. The maximum absolute atomic E-state index is 11.7. The molecule has 108 valence electrons. The number of nitrogens with two attached hydrogens (primary N) is 1. The summed E-state index contributed by atoms with van der Waals surface area (Å²) in [4.78, 5) is 16.1. The van der Waals surface area contributed by atoms with E-state index in [9.17, 15) is 4.79 Å². The fraction of sp³-hybridized carbons (Fsp3) is 0.167. The minimum Gasteiger partial charge on any atom is -0.458 e. The number of para-hydroxylation sites is 1. The van der Waals surface area contributed by atoms with Crippen molar-refractivity contribution in [1.82, 2.24) is 15.2 Å². The molecule has 0 aliphatic rings. The molecule has 3 aromatic rings. The van der Waals surface area contributed by atoms with Crippen LogP contribution in [0, 0.1) is 0 Å². The van der Waals surface area contributed by atoms with E-state index in [1.165, 1.54) is 34.4 Å². The van der Waals surface area contributed by atoms with Gasteiger partial charge in [-0.25, -0.2) is 4.98 Å². The summed E-state index contributed by atoms with van der Waals surface area (Å²) in [6.45, 7) is 0.191. The van der Waals surface area contributed by atoms with Gasteiger partial charge in [0.2, 0.25) is 5.13 Å². The molecule has 0 saturated carbocycles. The van der Waals surface area contributed by atoms with Crippen LogP contribution in [-0.4, -0.2) is 26.9 Å². The molecule has 2 heterocycles. The van der Waals surface area contributed by atoms with Crippen molar-refractivity contribution in [2.75, 3.05) is 11.5 Å². The molecule has 2 aromatic heterocycles. The summed E-state index contributed by atoms with van der Waals surface area (Å²) in [5, 5.41) is 8.68. The summed E-state index contributed by atoms with van der Waals surface area (Å²) < 4.78 is 6.94. The summed E-state index contributed by atoms with van der Waals surface area (Å²) >= 11 is 4.04. The van der Waals surface area contributed by atoms with Crippen LogP contribution in [0.2, 0.25) is 0 Å². The van der Waals surface area contributed by atoms with Crippen molar-refractivity contribution < 1.29 is 9.53 Å². The van der Waals surface area contributed by atoms with Crippen molar-refractivity contribution in [1.29, 1.82) is 0 Å². The Morgan fingerprint density at radius 2 is 2.14 bits per heavy atom. The highest BCUT2D eigenvalue weighted by Gasteiger charge is 2.10. The zero-order chi connectivity index (χ0) is 14.7. The van der Waals surface area contributed by atoms with E-state index < -0.39 is 0 Å². The monoisotopic (exact) mass is 338 g/mol. The number of ether oxygens (including phenoxy) is 1. The van der Waals surface area contributed by atoms with Crippen molar-refractivity contribution in [3.05, 3.63) is 29.3 Å². The molecule has 0 radical (unpaired) electrons. The van der Waals surface area contributed by atoms with Crippen LogP contribution in [0.15, 0.2) is 28.6 Å². The fourth-order valence-corrected chi connectivity index (χ4v) is 3.88. The number of carbonyl (C=O) groups excluding carboxylic acids is 1. The molecule has 0 unspecified atom stereocenters. The standard InChI is InChI=1S/C12H10N4O2S3/c13-11-15-16-12(21-11)19-6-10(17)18-5-9-14-7-3-1-2-4-8(7)20-9/h1-4H,5-6H2,(H2,13,15). The van der Waals surface area contributed by atoms with E-state index in [2.05, 4.69) is 15.2 Å². The number of thiazole rings is 1. The first kappa shape index (κ1) is 14.2. The Hall–Kier alpha value is -1.71. The van der Waals surface area contributed by atoms with E-state index >= 15 is 0 Å². The van der Waals surface area contributed by atoms with Crippen molar-refractivity contribution >= 4 is 55.8 Å². The van der Waals surface area contributed by atoms with Crippen molar-refractivity contribution in [2.24, 2.45) is 0 Å². The lowest BCUT2D eigenvalue weighted by Gasteiger charge is -2.00. The second-order valence-corrected chi connectivity index (χ2v) is 7.28. The van der Waals surface area contributed by atoms with Crippen LogP contribution < -0.4 is 5.73 Å². The molecule has 0 amide bonds. The number of benzene rings is 1. The summed E-state index contributed by atoms with van der Waals surface area (Å²) in [7, 11) is 0. The largest absolute Gasteiger partial charge is 0.458 e. The van der Waals surface area contributed by atoms with Gasteiger partial charge in [-0.15, -0.1) is 21.5 Å². The molecule has 3 rings (SSSR count). The SMILES string of the molecule is Nc1nnc(SCC(=O)OCc2nc3ccccc3s2)s1. The van der Waals surface area contributed by atoms with E-state index in [-0.39, 0.29) is 18.3 Å². The number of hydrogen-bond acceptors (Lipinski definition) is 9. The predicted octanol–water partition coefficient (Wildman–Crippen LogP) is 2.57. The third-order valence-electron chi connectivity index (χ3n) is 2.43. The van der Waals surface area contributed by atoms with Crippen LogP contribution in [-0.2, 0) is 16.1 Å². The molecule has 0 saturated heterocycles. The third kappa shape index (κ3) is 3.69. The smallest absolute Gasteiger partial charge is 0.316 e. The van der Waals surface area contributed by atoms with Crippen molar-refractivity contribution in [3.63, 3.8) is 0 Å². The lowest BCUT2D eigenvalue weighted by Crippen LogP contribution is -2.06. The Labute approximate surface area is 132 Å². The molecule has 21 heavy (non-hydrogen) atoms. The minimum atomic E-state index is -0.312. The summed E-state index contributed by atoms with van der Waals surface area (Å²) in [6.07, 6.45) is 0. The maximum Gasteiger partial charge on any atom is 0.316 e. The first-order valence-electron chi connectivity index (χ1n) is 5.92. The molecule has 9 heteroatoms. The normalized spacial score (nSPS) is 10.9. The molecule has 1 aromatic carbocycles. The van der Waals surface area contributed by atoms with Gasteiger partial charge in [-0.2, -0.15) is 0 Å². The Morgan fingerprint density at radius 1 is 1.29 bits per heavy atom. The Balaban J connectivity index is 1.51. The van der Waals surface area contributed by atoms with Gasteiger partial charge in [-0.1, -0.05) is 35.2 Å². The second kappa shape index (κ2) is 6.37. The highest BCUT2D eigenvalue weighted by Crippen LogP contribution is 2.24. The van der Waals surface area contributed by atoms with Gasteiger partial charge in [0.1, 0.15) is 11.6 Å². The lowest BCUT2D eigenvalue weighted by molar-refractivity contribution is -0.141. The van der Waals surface area contributed by atoms with Gasteiger partial charge in [0.15, 0.2) is 4.34 Å². The van der Waals surface area contributed by atoms with Gasteiger partial charge >= 0.3 is 5.97 Å². The van der Waals surface area contributed by atoms with Crippen molar-refractivity contribution in [3.8, 4) is 0 Å². The van der Waals surface area contributed by atoms with Gasteiger partial charge in [-0.3, -0.25) is 4.79 Å². The number of aromatic nitrogens is 3. The number of carbonyl (C=O) groups is 1. The van der Waals surface area contributed by atoms with Crippen molar-refractivity contribution in [2.45, 2.75) is 10.9 Å². The van der Waals surface area contributed by atoms with E-state index in [0.29, 0.717) is 9.47 Å². The molecular formula is C12H10N4O2S3. The number of thioether (sulfide) groups is 1. The summed E-state index contributed by atoms with van der Waals surface area (Å²) in [5.41, 5.74) is 6.39. The maximum atomic E-state index is 11.7. The highest BCUT2D eigenvalue weighted by molar-refractivity contribution is 8.01. The second-order valence-electron chi connectivity index (χ2n) is 3.93. The number of nitrogens with zero attached hydrogens (tertiary/aromatic N) is 3. The van der Waals surface area contributed by atoms with Crippen LogP contribution in [0.3, 0.4) is 0 Å². The number of rotatable bonds is 5. The third-order valence-corrected chi connectivity index (χ3v) is 5.30. The lowest BCUT2D eigenvalue weighted by atomic mass is 10.3. The van der Waals surface area contributed by atoms with E-state index in [1.807, 2.05) is 24.3 Å². The molecule has 0 bridgehead atoms. The van der Waals surface area contributed by atoms with E-state index in [0.717, 1.165) is 15.2 Å². The number of fused-ring (bicyclic) bond motifs is 1. The van der Waals surface area contributed by atoms with Crippen LogP contribution in [0.4, 0.5) is 5.13 Å². The molecule has 0 atom stereocenters. The van der Waals surface area contributed by atoms with Gasteiger partial charge < -0.3 is 10.5 Å². The first-order chi connectivity index (χ1) is 10.2. The fourth-order valence-electron chi connectivity index (χ4n) is 1.56. The van der Waals surface area contributed by atoms with Gasteiger partial charge in [0.25, 0.3) is 0 Å². The predicted molar refractivity (Wildman–Crippen MR) is 84.5 cm³/mol. The average molecular weight is 338 g/mol. The zero-order valence-electron chi connectivity index (χ0n) is 10.7. The molecular weight excluding hydrogens is 328 g/mol. The van der Waals surface area contributed by atoms with Crippen LogP contribution in [0.5, 0.6) is 0 Å². The molecule has 0 fully saturated rings. The van der Waals surface area contributed by atoms with E-state index in [1.54, 1.807) is 0 Å². The van der Waals surface area contributed by atoms with Gasteiger partial charge in [0.05, 0.1) is 16.0 Å². The van der Waals surface area contributed by atoms with Gasteiger partial charge in [-0.05, 0) is 12.1 Å².